The summed E-state index contributed by atoms with van der Waals surface area (Å²) >= 11 is 0. The highest BCUT2D eigenvalue weighted by Gasteiger charge is 2.04. The number of carboxylic acid groups (broad SMARTS) is 2. The molecule has 0 aromatic heterocycles. The Labute approximate surface area is 112 Å². The average molecular weight is 269 g/mol. The molecular weight excluding hydrogens is 250 g/mol. The van der Waals surface area contributed by atoms with Gasteiger partial charge in [0.05, 0.1) is 6.61 Å². The summed E-state index contributed by atoms with van der Waals surface area (Å²) in [5, 5.41) is 14.8. The zero-order valence-corrected chi connectivity index (χ0v) is 10.8. The minimum atomic E-state index is -1.82. The highest BCUT2D eigenvalue weighted by molar-refractivity contribution is 6.27. The molecule has 0 aliphatic carbocycles. The fourth-order valence-corrected chi connectivity index (χ4v) is 1.03. The summed E-state index contributed by atoms with van der Waals surface area (Å²) in [6, 6.07) is 10.2. The van der Waals surface area contributed by atoms with Gasteiger partial charge >= 0.3 is 11.9 Å². The minimum absolute atomic E-state index is 0.643. The predicted octanol–water partition coefficient (Wildman–Crippen LogP) is 1.66. The number of unbranched alkanes of at least 4 members (excludes halogenated alkanes) is 1. The average Bonchev–Trinajstić information content (AvgIpc) is 2.40. The van der Waals surface area contributed by atoms with E-state index in [9.17, 15) is 0 Å². The number of hydroxylamine groups is 1. The zero-order chi connectivity index (χ0) is 14.5. The van der Waals surface area contributed by atoms with Crippen LogP contribution in [0.3, 0.4) is 0 Å². The van der Waals surface area contributed by atoms with Gasteiger partial charge in [-0.25, -0.2) is 15.1 Å². The van der Waals surface area contributed by atoms with Gasteiger partial charge in [-0.15, -0.1) is 0 Å². The van der Waals surface area contributed by atoms with E-state index < -0.39 is 11.9 Å². The van der Waals surface area contributed by atoms with Gasteiger partial charge < -0.3 is 10.2 Å². The van der Waals surface area contributed by atoms with Crippen LogP contribution in [0.25, 0.3) is 0 Å². The van der Waals surface area contributed by atoms with E-state index >= 15 is 0 Å². The molecule has 106 valence electrons. The third-order valence-corrected chi connectivity index (χ3v) is 2.00. The van der Waals surface area contributed by atoms with Gasteiger partial charge in [0.2, 0.25) is 0 Å². The Hall–Kier alpha value is -1.92. The second-order valence-electron chi connectivity index (χ2n) is 3.63. The summed E-state index contributed by atoms with van der Waals surface area (Å²) in [6.07, 6.45) is 2.36. The highest BCUT2D eigenvalue weighted by atomic mass is 16.6. The quantitative estimate of drug-likeness (QED) is 0.413. The summed E-state index contributed by atoms with van der Waals surface area (Å²) in [4.78, 5) is 23.5. The van der Waals surface area contributed by atoms with Crippen LogP contribution in [0.15, 0.2) is 30.3 Å². The van der Waals surface area contributed by atoms with Crippen molar-refractivity contribution in [2.75, 3.05) is 6.54 Å². The van der Waals surface area contributed by atoms with Crippen molar-refractivity contribution in [3.05, 3.63) is 35.9 Å². The summed E-state index contributed by atoms with van der Waals surface area (Å²) in [7, 11) is 0. The monoisotopic (exact) mass is 269 g/mol. The first kappa shape index (κ1) is 17.1. The second-order valence-corrected chi connectivity index (χ2v) is 3.63. The number of aliphatic carboxylic acids is 2. The molecule has 0 fully saturated rings. The van der Waals surface area contributed by atoms with Gasteiger partial charge in [0.25, 0.3) is 0 Å². The highest BCUT2D eigenvalue weighted by Crippen LogP contribution is 1.98. The molecule has 0 aliphatic heterocycles. The fourth-order valence-electron chi connectivity index (χ4n) is 1.03. The number of hydrogen-bond donors (Lipinski definition) is 3. The lowest BCUT2D eigenvalue weighted by Gasteiger charge is -2.04. The van der Waals surface area contributed by atoms with Crippen molar-refractivity contribution in [1.29, 1.82) is 0 Å². The van der Waals surface area contributed by atoms with Crippen molar-refractivity contribution in [3.8, 4) is 0 Å². The molecule has 0 radical (unpaired) electrons. The van der Waals surface area contributed by atoms with E-state index in [2.05, 4.69) is 24.5 Å². The van der Waals surface area contributed by atoms with Gasteiger partial charge in [-0.3, -0.25) is 4.84 Å². The molecule has 0 saturated carbocycles. The van der Waals surface area contributed by atoms with Crippen LogP contribution in [0, 0.1) is 0 Å². The van der Waals surface area contributed by atoms with Gasteiger partial charge in [-0.2, -0.15) is 0 Å². The van der Waals surface area contributed by atoms with Gasteiger partial charge in [-0.1, -0.05) is 43.7 Å². The molecule has 0 aliphatic rings. The molecule has 6 nitrogen and oxygen atoms in total. The second kappa shape index (κ2) is 11.2. The molecule has 19 heavy (non-hydrogen) atoms. The van der Waals surface area contributed by atoms with E-state index in [4.69, 9.17) is 24.6 Å². The van der Waals surface area contributed by atoms with Crippen LogP contribution < -0.4 is 5.48 Å². The molecule has 1 aromatic carbocycles. The Morgan fingerprint density at radius 3 is 2.21 bits per heavy atom. The maximum atomic E-state index is 9.10. The van der Waals surface area contributed by atoms with Gasteiger partial charge in [0, 0.05) is 6.54 Å². The smallest absolute Gasteiger partial charge is 0.414 e. The van der Waals surface area contributed by atoms with E-state index in [0.717, 1.165) is 13.0 Å². The maximum absolute atomic E-state index is 9.10. The van der Waals surface area contributed by atoms with Crippen molar-refractivity contribution in [1.82, 2.24) is 5.48 Å². The number of nitrogens with one attached hydrogen (secondary N) is 1. The lowest BCUT2D eigenvalue weighted by molar-refractivity contribution is -0.159. The molecule has 0 saturated heterocycles. The van der Waals surface area contributed by atoms with E-state index in [0.29, 0.717) is 6.61 Å². The SMILES string of the molecule is CCCCNOCc1ccccc1.O=C(O)C(=O)O. The van der Waals surface area contributed by atoms with Crippen LogP contribution in [0.2, 0.25) is 0 Å². The topological polar surface area (TPSA) is 95.9 Å². The van der Waals surface area contributed by atoms with Crippen LogP contribution in [0.5, 0.6) is 0 Å². The van der Waals surface area contributed by atoms with E-state index in [1.807, 2.05) is 18.2 Å². The molecule has 1 rings (SSSR count). The molecule has 3 N–H and O–H groups in total. The normalized spacial score (nSPS) is 9.32. The van der Waals surface area contributed by atoms with Crippen LogP contribution in [0.4, 0.5) is 0 Å². The first-order chi connectivity index (χ1) is 9.07. The Kier molecular flexibility index (Phi) is 10.1. The molecule has 0 spiro atoms. The number of rotatable bonds is 6. The van der Waals surface area contributed by atoms with Crippen LogP contribution in [-0.2, 0) is 21.0 Å². The summed E-state index contributed by atoms with van der Waals surface area (Å²) in [5.41, 5.74) is 4.14. The first-order valence-electron chi connectivity index (χ1n) is 5.92. The molecule has 0 bridgehead atoms. The molecule has 0 atom stereocenters. The Bertz CT molecular complexity index is 355. The van der Waals surface area contributed by atoms with Crippen LogP contribution >= 0.6 is 0 Å². The molecule has 0 heterocycles. The van der Waals surface area contributed by atoms with E-state index in [-0.39, 0.29) is 0 Å². The lowest BCUT2D eigenvalue weighted by Crippen LogP contribution is -2.15. The largest absolute Gasteiger partial charge is 0.473 e. The minimum Gasteiger partial charge on any atom is -0.473 e. The zero-order valence-electron chi connectivity index (χ0n) is 10.8. The molecule has 0 amide bonds. The molecular formula is C13H19NO5. The Morgan fingerprint density at radius 1 is 1.16 bits per heavy atom. The van der Waals surface area contributed by atoms with Crippen molar-refractivity contribution < 1.29 is 24.6 Å². The maximum Gasteiger partial charge on any atom is 0.414 e. The fraction of sp³-hybridized carbons (Fsp3) is 0.385. The van der Waals surface area contributed by atoms with Crippen LogP contribution in [0.1, 0.15) is 25.3 Å². The third kappa shape index (κ3) is 10.9. The summed E-state index contributed by atoms with van der Waals surface area (Å²) in [5.74, 6) is -3.65. The molecule has 1 aromatic rings. The van der Waals surface area contributed by atoms with Crippen LogP contribution in [-0.4, -0.2) is 28.7 Å². The van der Waals surface area contributed by atoms with Crippen molar-refractivity contribution in [3.63, 3.8) is 0 Å². The predicted molar refractivity (Wildman–Crippen MR) is 69.4 cm³/mol. The third-order valence-electron chi connectivity index (χ3n) is 2.00. The van der Waals surface area contributed by atoms with E-state index in [1.165, 1.54) is 12.0 Å². The summed E-state index contributed by atoms with van der Waals surface area (Å²) in [6.45, 7) is 3.74. The van der Waals surface area contributed by atoms with Crippen molar-refractivity contribution in [2.24, 2.45) is 0 Å². The first-order valence-corrected chi connectivity index (χ1v) is 5.92. The lowest BCUT2D eigenvalue weighted by atomic mass is 10.2. The molecule has 6 heteroatoms. The van der Waals surface area contributed by atoms with Gasteiger partial charge in [0.1, 0.15) is 0 Å². The Morgan fingerprint density at radius 2 is 1.74 bits per heavy atom. The summed E-state index contributed by atoms with van der Waals surface area (Å²) < 4.78 is 0. The number of carboxylic acids is 2. The van der Waals surface area contributed by atoms with Gasteiger partial charge in [-0.05, 0) is 12.0 Å². The number of hydrogen-bond acceptors (Lipinski definition) is 4. The molecule has 0 unspecified atom stereocenters. The number of benzene rings is 1. The Balaban J connectivity index is 0.000000459. The van der Waals surface area contributed by atoms with E-state index in [1.54, 1.807) is 0 Å². The number of carbonyl (C=O) groups is 2. The van der Waals surface area contributed by atoms with Crippen molar-refractivity contribution in [2.45, 2.75) is 26.4 Å². The van der Waals surface area contributed by atoms with Crippen molar-refractivity contribution >= 4 is 11.9 Å². The van der Waals surface area contributed by atoms with Gasteiger partial charge in [0.15, 0.2) is 0 Å². The standard InChI is InChI=1S/C11H17NO.C2H2O4/c1-2-3-9-12-13-10-11-7-5-4-6-8-11;3-1(4)2(5)6/h4-8,12H,2-3,9-10H2,1H3;(H,3,4)(H,5,6).